The number of para-hydroxylation sites is 1. The number of ether oxygens (including phenoxy) is 2. The molecule has 3 N–H and O–H groups in total. The molecule has 0 bridgehead atoms. The van der Waals surface area contributed by atoms with Gasteiger partial charge in [-0.25, -0.2) is 0 Å². The van der Waals surface area contributed by atoms with Gasteiger partial charge in [0.05, 0.1) is 53.3 Å². The Morgan fingerprint density at radius 2 is 1.93 bits per heavy atom. The molecule has 10 nitrogen and oxygen atoms in total. The van der Waals surface area contributed by atoms with E-state index < -0.39 is 5.92 Å². The number of anilines is 2. The number of thioether (sulfide) groups is 1. The third kappa shape index (κ3) is 5.65. The van der Waals surface area contributed by atoms with Crippen LogP contribution in [-0.2, 0) is 9.59 Å². The zero-order valence-electron chi connectivity index (χ0n) is 22.4. The van der Waals surface area contributed by atoms with E-state index in [1.165, 1.54) is 37.3 Å². The van der Waals surface area contributed by atoms with E-state index in [4.69, 9.17) is 38.4 Å². The van der Waals surface area contributed by atoms with Crippen LogP contribution in [0.5, 0.6) is 11.5 Å². The Hall–Kier alpha value is -3.76. The van der Waals surface area contributed by atoms with Gasteiger partial charge in [-0.1, -0.05) is 58.4 Å². The largest absolute Gasteiger partial charge is 0.493 e. The van der Waals surface area contributed by atoms with Crippen LogP contribution in [0.25, 0.3) is 0 Å². The molecule has 216 valence electrons. The molecule has 0 spiro atoms. The average molecular weight is 644 g/mol. The number of carbonyl (C=O) groups excluding carboxylic acids is 2. The number of halogens is 2. The molecule has 1 aromatic heterocycles. The number of amides is 1. The van der Waals surface area contributed by atoms with E-state index >= 15 is 0 Å². The molecule has 42 heavy (non-hydrogen) atoms. The number of Topliss-reactive ketones (excluding diaryl/α,β-unsaturated/α-hetero) is 1. The summed E-state index contributed by atoms with van der Waals surface area (Å²) in [5, 5.41) is 22.6. The van der Waals surface area contributed by atoms with Gasteiger partial charge in [0.15, 0.2) is 21.6 Å². The minimum Gasteiger partial charge on any atom is -0.493 e. The number of hydrogen-bond acceptors (Lipinski definition) is 11. The van der Waals surface area contributed by atoms with Crippen LogP contribution in [0.1, 0.15) is 30.7 Å². The predicted octanol–water partition coefficient (Wildman–Crippen LogP) is 5.90. The Bertz CT molecular complexity index is 1660. The lowest BCUT2D eigenvalue weighted by Gasteiger charge is -2.38. The maximum Gasteiger partial charge on any atom is 0.234 e. The number of hydrogen-bond donors (Lipinski definition) is 2. The summed E-state index contributed by atoms with van der Waals surface area (Å²) in [7, 11) is 3.06. The number of nitrogens with two attached hydrogens (primary N) is 1. The van der Waals surface area contributed by atoms with Crippen LogP contribution in [0, 0.1) is 11.3 Å². The Morgan fingerprint density at radius 3 is 2.62 bits per heavy atom. The monoisotopic (exact) mass is 642 g/mol. The zero-order chi connectivity index (χ0) is 30.0. The number of methoxy groups -OCH3 is 2. The molecule has 1 aliphatic heterocycles. The highest BCUT2D eigenvalue weighted by atomic mass is 35.5. The minimum atomic E-state index is -0.670. The Morgan fingerprint density at radius 1 is 1.19 bits per heavy atom. The summed E-state index contributed by atoms with van der Waals surface area (Å²) in [4.78, 5) is 27.6. The number of allylic oxidation sites excluding steroid dienone is 3. The lowest BCUT2D eigenvalue weighted by atomic mass is 9.75. The highest BCUT2D eigenvalue weighted by Crippen LogP contribution is 2.48. The molecule has 14 heteroatoms. The molecule has 1 atom stereocenters. The van der Waals surface area contributed by atoms with Gasteiger partial charge in [0.1, 0.15) is 5.82 Å². The Labute approximate surface area is 260 Å². The van der Waals surface area contributed by atoms with Crippen LogP contribution in [0.3, 0.4) is 0 Å². The number of carbonyl (C=O) groups is 2. The molecule has 5 rings (SSSR count). The van der Waals surface area contributed by atoms with Crippen LogP contribution >= 0.6 is 46.3 Å². The van der Waals surface area contributed by atoms with Crippen molar-refractivity contribution in [3.8, 4) is 17.6 Å². The van der Waals surface area contributed by atoms with Crippen LogP contribution < -0.4 is 25.4 Å². The second kappa shape index (κ2) is 12.6. The molecule has 1 aliphatic carbocycles. The van der Waals surface area contributed by atoms with Crippen molar-refractivity contribution >= 4 is 68.8 Å². The number of rotatable bonds is 8. The molecule has 1 unspecified atom stereocenters. The summed E-state index contributed by atoms with van der Waals surface area (Å²) < 4.78 is 11.3. The van der Waals surface area contributed by atoms with Gasteiger partial charge in [-0.2, -0.15) is 5.26 Å². The summed E-state index contributed by atoms with van der Waals surface area (Å²) in [5.74, 6) is 0.150. The van der Waals surface area contributed by atoms with Crippen molar-refractivity contribution in [1.29, 1.82) is 5.26 Å². The number of nitrogens with one attached hydrogen (secondary N) is 1. The van der Waals surface area contributed by atoms with Gasteiger partial charge < -0.3 is 20.5 Å². The van der Waals surface area contributed by atoms with Crippen molar-refractivity contribution < 1.29 is 19.1 Å². The molecular formula is C28H24Cl2N6O4S2. The molecule has 0 radical (unpaired) electrons. The first-order chi connectivity index (χ1) is 20.3. The zero-order valence-corrected chi connectivity index (χ0v) is 25.6. The van der Waals surface area contributed by atoms with Crippen LogP contribution in [0.4, 0.5) is 10.8 Å². The van der Waals surface area contributed by atoms with Crippen molar-refractivity contribution in [2.24, 2.45) is 5.73 Å². The average Bonchev–Trinajstić information content (AvgIpc) is 3.45. The lowest BCUT2D eigenvalue weighted by Crippen LogP contribution is -2.38. The normalized spacial score (nSPS) is 16.7. The highest BCUT2D eigenvalue weighted by molar-refractivity contribution is 8.01. The third-order valence-electron chi connectivity index (χ3n) is 6.80. The van der Waals surface area contributed by atoms with E-state index in [-0.39, 0.29) is 28.8 Å². The SMILES string of the molecule is COc1ccc(C2C(C#N)=C(N)N(c3nnc(SCC(=O)Nc4c(Cl)cccc4Cl)s3)C3=C2C(=O)CCC3)cc1OC. The fourth-order valence-electron chi connectivity index (χ4n) is 4.94. The van der Waals surface area contributed by atoms with Gasteiger partial charge >= 0.3 is 0 Å². The Kier molecular flexibility index (Phi) is 8.93. The minimum absolute atomic E-state index is 0.0265. The fraction of sp³-hybridized carbons (Fsp3) is 0.250. The third-order valence-corrected chi connectivity index (χ3v) is 9.47. The maximum absolute atomic E-state index is 13.4. The summed E-state index contributed by atoms with van der Waals surface area (Å²) in [6.07, 6.45) is 1.55. The number of ketones is 1. The van der Waals surface area contributed by atoms with Crippen molar-refractivity contribution in [2.45, 2.75) is 29.5 Å². The molecular weight excluding hydrogens is 619 g/mol. The molecule has 2 aromatic carbocycles. The molecule has 2 heterocycles. The number of nitriles is 1. The molecule has 3 aromatic rings. The summed E-state index contributed by atoms with van der Waals surface area (Å²) >= 11 is 14.7. The summed E-state index contributed by atoms with van der Waals surface area (Å²) in [6.45, 7) is 0. The first-order valence-corrected chi connectivity index (χ1v) is 15.2. The van der Waals surface area contributed by atoms with Gasteiger partial charge in [-0.15, -0.1) is 10.2 Å². The topological polar surface area (TPSA) is 143 Å². The van der Waals surface area contributed by atoms with Crippen molar-refractivity contribution in [1.82, 2.24) is 10.2 Å². The summed E-state index contributed by atoms with van der Waals surface area (Å²) in [5.41, 5.74) is 9.07. The van der Waals surface area contributed by atoms with Gasteiger partial charge in [-0.3, -0.25) is 14.5 Å². The molecule has 0 fully saturated rings. The quantitative estimate of drug-likeness (QED) is 0.285. The summed E-state index contributed by atoms with van der Waals surface area (Å²) in [6, 6.07) is 12.5. The van der Waals surface area contributed by atoms with Crippen LogP contribution in [-0.4, -0.2) is 41.9 Å². The van der Waals surface area contributed by atoms with Crippen molar-refractivity contribution in [3.05, 3.63) is 74.7 Å². The lowest BCUT2D eigenvalue weighted by molar-refractivity contribution is -0.116. The van der Waals surface area contributed by atoms with Gasteiger partial charge in [-0.05, 0) is 42.7 Å². The van der Waals surface area contributed by atoms with Gasteiger partial charge in [0.2, 0.25) is 11.0 Å². The first kappa shape index (κ1) is 29.7. The maximum atomic E-state index is 13.4. The second-order valence-electron chi connectivity index (χ2n) is 9.21. The molecule has 2 aliphatic rings. The molecule has 1 amide bonds. The van der Waals surface area contributed by atoms with E-state index in [1.54, 1.807) is 41.3 Å². The standard InChI is InChI=1S/C28H24Cl2N6O4S2/c1-39-20-10-9-14(11-21(20)40-2)23-15(12-31)26(32)36(18-7-4-8-19(37)24(18)23)27-34-35-28(42-27)41-13-22(38)33-25-16(29)5-3-6-17(25)30/h3,5-6,9-11,23H,4,7-8,13,32H2,1-2H3,(H,33,38). The number of nitrogens with zero attached hydrogens (tertiary/aromatic N) is 4. The van der Waals surface area contributed by atoms with E-state index in [0.717, 1.165) is 0 Å². The van der Waals surface area contributed by atoms with E-state index in [2.05, 4.69) is 21.6 Å². The van der Waals surface area contributed by atoms with E-state index in [9.17, 15) is 14.9 Å². The smallest absolute Gasteiger partial charge is 0.234 e. The van der Waals surface area contributed by atoms with Gasteiger partial charge in [0.25, 0.3) is 0 Å². The fourth-order valence-corrected chi connectivity index (χ4v) is 7.11. The Balaban J connectivity index is 1.44. The number of benzene rings is 2. The molecule has 0 saturated carbocycles. The second-order valence-corrected chi connectivity index (χ2v) is 12.2. The predicted molar refractivity (Wildman–Crippen MR) is 163 cm³/mol. The van der Waals surface area contributed by atoms with Crippen LogP contribution in [0.15, 0.2) is 63.4 Å². The number of aromatic nitrogens is 2. The van der Waals surface area contributed by atoms with Crippen molar-refractivity contribution in [2.75, 3.05) is 30.2 Å². The van der Waals surface area contributed by atoms with Gasteiger partial charge in [0, 0.05) is 17.7 Å². The molecule has 0 saturated heterocycles. The first-order valence-electron chi connectivity index (χ1n) is 12.7. The van der Waals surface area contributed by atoms with E-state index in [0.29, 0.717) is 72.8 Å². The van der Waals surface area contributed by atoms with E-state index in [1.807, 2.05) is 0 Å². The highest BCUT2D eigenvalue weighted by Gasteiger charge is 2.41. The van der Waals surface area contributed by atoms with Crippen molar-refractivity contribution in [3.63, 3.8) is 0 Å². The van der Waals surface area contributed by atoms with Crippen LogP contribution in [0.2, 0.25) is 10.0 Å².